The first kappa shape index (κ1) is 19.9. The van der Waals surface area contributed by atoms with Crippen LogP contribution in [0.2, 0.25) is 0 Å². The average Bonchev–Trinajstić information content (AvgIpc) is 2.68. The van der Waals surface area contributed by atoms with Crippen molar-refractivity contribution in [3.63, 3.8) is 0 Å². The van der Waals surface area contributed by atoms with E-state index in [9.17, 15) is 18.5 Å². The van der Waals surface area contributed by atoms with E-state index in [1.54, 1.807) is 12.1 Å². The fourth-order valence-corrected chi connectivity index (χ4v) is 4.16. The highest BCUT2D eigenvalue weighted by Gasteiger charge is 2.24. The van der Waals surface area contributed by atoms with Crippen molar-refractivity contribution >= 4 is 27.1 Å². The first-order chi connectivity index (χ1) is 13.3. The lowest BCUT2D eigenvalue weighted by Crippen LogP contribution is -2.44. The summed E-state index contributed by atoms with van der Waals surface area (Å²) in [5.74, 6) is 0.00165. The van der Waals surface area contributed by atoms with Gasteiger partial charge in [-0.25, -0.2) is 8.42 Å². The Balaban J connectivity index is 1.91. The number of nitro groups is 1. The monoisotopic (exact) mass is 406 g/mol. The number of nitrogens with zero attached hydrogens (tertiary/aromatic N) is 3. The average molecular weight is 406 g/mol. The van der Waals surface area contributed by atoms with Crippen molar-refractivity contribution in [2.45, 2.75) is 4.90 Å². The van der Waals surface area contributed by atoms with E-state index in [1.165, 1.54) is 19.2 Å². The van der Waals surface area contributed by atoms with Crippen molar-refractivity contribution in [2.75, 3.05) is 50.0 Å². The van der Waals surface area contributed by atoms with Crippen molar-refractivity contribution in [3.05, 3.63) is 52.6 Å². The maximum absolute atomic E-state index is 12.9. The van der Waals surface area contributed by atoms with Gasteiger partial charge >= 0.3 is 5.69 Å². The fraction of sp³-hybridized carbons (Fsp3) is 0.333. The van der Waals surface area contributed by atoms with Crippen molar-refractivity contribution < 1.29 is 18.1 Å². The van der Waals surface area contributed by atoms with E-state index in [0.717, 1.165) is 37.9 Å². The molecule has 0 saturated carbocycles. The summed E-state index contributed by atoms with van der Waals surface area (Å²) in [5.41, 5.74) is 0.811. The zero-order valence-electron chi connectivity index (χ0n) is 15.7. The zero-order chi connectivity index (χ0) is 20.3. The molecule has 9 nitrogen and oxygen atoms in total. The van der Waals surface area contributed by atoms with E-state index in [1.807, 2.05) is 19.2 Å². The second kappa shape index (κ2) is 8.03. The molecule has 0 spiro atoms. The number of para-hydroxylation sites is 2. The molecule has 0 radical (unpaired) electrons. The van der Waals surface area contributed by atoms with Gasteiger partial charge in [0, 0.05) is 32.2 Å². The highest BCUT2D eigenvalue weighted by atomic mass is 32.2. The minimum Gasteiger partial charge on any atom is -0.490 e. The smallest absolute Gasteiger partial charge is 0.312 e. The lowest BCUT2D eigenvalue weighted by molar-refractivity contribution is -0.386. The molecular formula is C18H22N4O5S. The number of benzene rings is 2. The maximum atomic E-state index is 12.9. The Kier molecular flexibility index (Phi) is 5.71. The molecule has 28 heavy (non-hydrogen) atoms. The van der Waals surface area contributed by atoms with Crippen LogP contribution < -0.4 is 14.4 Å². The summed E-state index contributed by atoms with van der Waals surface area (Å²) in [5, 5.41) is 11.2. The van der Waals surface area contributed by atoms with E-state index < -0.39 is 20.6 Å². The molecule has 2 aromatic carbocycles. The predicted octanol–water partition coefficient (Wildman–Crippen LogP) is 2.16. The molecular weight excluding hydrogens is 384 g/mol. The number of ether oxygens (including phenoxy) is 1. The van der Waals surface area contributed by atoms with Crippen LogP contribution in [0, 0.1) is 10.1 Å². The minimum absolute atomic E-state index is 0.00165. The summed E-state index contributed by atoms with van der Waals surface area (Å²) in [6, 6.07) is 10.7. The Morgan fingerprint density at radius 2 is 1.79 bits per heavy atom. The van der Waals surface area contributed by atoms with Crippen LogP contribution in [0.25, 0.3) is 0 Å². The zero-order valence-corrected chi connectivity index (χ0v) is 16.5. The number of piperazine rings is 1. The number of nitro benzene ring substituents is 1. The first-order valence-electron chi connectivity index (χ1n) is 8.69. The van der Waals surface area contributed by atoms with E-state index in [-0.39, 0.29) is 10.6 Å². The summed E-state index contributed by atoms with van der Waals surface area (Å²) >= 11 is 0. The van der Waals surface area contributed by atoms with Gasteiger partial charge in [0.1, 0.15) is 0 Å². The number of anilines is 2. The van der Waals surface area contributed by atoms with Crippen molar-refractivity contribution in [2.24, 2.45) is 0 Å². The number of methoxy groups -OCH3 is 1. The molecule has 150 valence electrons. The molecule has 2 aromatic rings. The molecule has 10 heteroatoms. The van der Waals surface area contributed by atoms with Crippen LogP contribution in [-0.4, -0.2) is 58.6 Å². The molecule has 0 aliphatic carbocycles. The Morgan fingerprint density at radius 3 is 2.43 bits per heavy atom. The largest absolute Gasteiger partial charge is 0.490 e. The Labute approximate surface area is 163 Å². The van der Waals surface area contributed by atoms with E-state index in [4.69, 9.17) is 4.74 Å². The third-order valence-corrected chi connectivity index (χ3v) is 6.01. The highest BCUT2D eigenvalue weighted by molar-refractivity contribution is 7.92. The van der Waals surface area contributed by atoms with Crippen LogP contribution in [0.5, 0.6) is 5.75 Å². The van der Waals surface area contributed by atoms with Gasteiger partial charge in [-0.15, -0.1) is 0 Å². The number of hydrogen-bond acceptors (Lipinski definition) is 7. The van der Waals surface area contributed by atoms with E-state index in [2.05, 4.69) is 14.5 Å². The van der Waals surface area contributed by atoms with E-state index in [0.29, 0.717) is 5.69 Å². The quantitative estimate of drug-likeness (QED) is 0.579. The first-order valence-corrected chi connectivity index (χ1v) is 10.2. The lowest BCUT2D eigenvalue weighted by Gasteiger charge is -2.35. The van der Waals surface area contributed by atoms with Gasteiger partial charge in [0.25, 0.3) is 10.0 Å². The standard InChI is InChI=1S/C18H22N4O5S/c1-20-9-11-21(12-10-20)16-6-4-3-5-15(16)19-28(25,26)14-7-8-18(27-2)17(13-14)22(23)24/h3-8,13,19H,9-12H2,1-2H3. The van der Waals surface area contributed by atoms with Gasteiger partial charge < -0.3 is 14.5 Å². The summed E-state index contributed by atoms with van der Waals surface area (Å²) in [6.45, 7) is 3.32. The molecule has 0 aromatic heterocycles. The van der Waals surface area contributed by atoms with Gasteiger partial charge in [-0.05, 0) is 31.3 Å². The van der Waals surface area contributed by atoms with Crippen LogP contribution >= 0.6 is 0 Å². The van der Waals surface area contributed by atoms with Gasteiger partial charge in [0.2, 0.25) is 0 Å². The molecule has 0 unspecified atom stereocenters. The van der Waals surface area contributed by atoms with Gasteiger partial charge in [-0.2, -0.15) is 0 Å². The molecule has 1 aliphatic heterocycles. The summed E-state index contributed by atoms with van der Waals surface area (Å²) in [4.78, 5) is 14.7. The van der Waals surface area contributed by atoms with Crippen LogP contribution in [0.4, 0.5) is 17.1 Å². The number of likely N-dealkylation sites (N-methyl/N-ethyl adjacent to an activating group) is 1. The Morgan fingerprint density at radius 1 is 1.11 bits per heavy atom. The lowest BCUT2D eigenvalue weighted by atomic mass is 10.2. The highest BCUT2D eigenvalue weighted by Crippen LogP contribution is 2.32. The number of hydrogen-bond donors (Lipinski definition) is 1. The van der Waals surface area contributed by atoms with Crippen molar-refractivity contribution in [3.8, 4) is 5.75 Å². The van der Waals surface area contributed by atoms with Gasteiger partial charge in [0.15, 0.2) is 5.75 Å². The fourth-order valence-electron chi connectivity index (χ4n) is 3.07. The molecule has 1 N–H and O–H groups in total. The molecule has 1 saturated heterocycles. The molecule has 1 heterocycles. The molecule has 3 rings (SSSR count). The predicted molar refractivity (Wildman–Crippen MR) is 107 cm³/mol. The molecule has 1 fully saturated rings. The maximum Gasteiger partial charge on any atom is 0.312 e. The van der Waals surface area contributed by atoms with E-state index >= 15 is 0 Å². The second-order valence-corrected chi connectivity index (χ2v) is 8.19. The molecule has 0 atom stereocenters. The molecule has 0 bridgehead atoms. The van der Waals surface area contributed by atoms with Gasteiger partial charge in [0.05, 0.1) is 28.3 Å². The number of sulfonamides is 1. The number of nitrogens with one attached hydrogen (secondary N) is 1. The van der Waals surface area contributed by atoms with Crippen molar-refractivity contribution in [1.82, 2.24) is 4.90 Å². The summed E-state index contributed by atoms with van der Waals surface area (Å²) in [6.07, 6.45) is 0. The minimum atomic E-state index is -4.01. The molecule has 1 aliphatic rings. The van der Waals surface area contributed by atoms with Crippen molar-refractivity contribution in [1.29, 1.82) is 0 Å². The SMILES string of the molecule is COc1ccc(S(=O)(=O)Nc2ccccc2N2CCN(C)CC2)cc1[N+](=O)[O-]. The second-order valence-electron chi connectivity index (χ2n) is 6.50. The van der Waals surface area contributed by atoms with Crippen LogP contribution in [0.1, 0.15) is 0 Å². The normalized spacial score (nSPS) is 15.3. The third-order valence-electron chi connectivity index (χ3n) is 4.65. The van der Waals surface area contributed by atoms with Crippen LogP contribution in [0.15, 0.2) is 47.4 Å². The summed E-state index contributed by atoms with van der Waals surface area (Å²) in [7, 11) is -0.676. The topological polar surface area (TPSA) is 105 Å². The van der Waals surface area contributed by atoms with Gasteiger partial charge in [-0.3, -0.25) is 14.8 Å². The number of rotatable bonds is 6. The Hall–Kier alpha value is -2.85. The van der Waals surface area contributed by atoms with Crippen LogP contribution in [0.3, 0.4) is 0 Å². The molecule has 0 amide bonds. The Bertz CT molecular complexity index is 972. The third kappa shape index (κ3) is 4.18. The van der Waals surface area contributed by atoms with Crippen LogP contribution in [-0.2, 0) is 10.0 Å². The summed E-state index contributed by atoms with van der Waals surface area (Å²) < 4.78 is 33.2. The van der Waals surface area contributed by atoms with Gasteiger partial charge in [-0.1, -0.05) is 12.1 Å².